The zero-order chi connectivity index (χ0) is 19.4. The first-order valence-corrected chi connectivity index (χ1v) is 9.33. The topological polar surface area (TPSA) is 42.4 Å². The lowest BCUT2D eigenvalue weighted by Gasteiger charge is -2.29. The number of carbonyl (C=O) groups excluding carboxylic acids is 1. The molecule has 1 atom stereocenters. The van der Waals surface area contributed by atoms with Crippen LogP contribution in [0.15, 0.2) is 54.6 Å². The van der Waals surface area contributed by atoms with E-state index in [4.69, 9.17) is 4.74 Å². The number of methoxy groups -OCH3 is 1. The first-order valence-electron chi connectivity index (χ1n) is 9.33. The highest BCUT2D eigenvalue weighted by Gasteiger charge is 2.22. The van der Waals surface area contributed by atoms with Crippen molar-refractivity contribution in [3.8, 4) is 5.75 Å². The molecular formula is C23H26N2O2. The van der Waals surface area contributed by atoms with Crippen molar-refractivity contribution < 1.29 is 9.53 Å². The molecule has 0 radical (unpaired) electrons. The van der Waals surface area contributed by atoms with Gasteiger partial charge in [-0.05, 0) is 57.0 Å². The number of hydrogen-bond acceptors (Lipinski definition) is 3. The lowest BCUT2D eigenvalue weighted by molar-refractivity contribution is 0.0705. The van der Waals surface area contributed by atoms with E-state index in [2.05, 4.69) is 24.0 Å². The van der Waals surface area contributed by atoms with Crippen LogP contribution in [-0.2, 0) is 6.42 Å². The maximum absolute atomic E-state index is 13.4. The molecule has 0 aliphatic carbocycles. The number of ether oxygens (including phenoxy) is 1. The molecule has 0 fully saturated rings. The van der Waals surface area contributed by atoms with E-state index in [9.17, 15) is 4.79 Å². The second kappa shape index (κ2) is 8.21. The molecule has 1 heterocycles. The van der Waals surface area contributed by atoms with Gasteiger partial charge in [-0.1, -0.05) is 30.3 Å². The number of nitrogens with zero attached hydrogens (tertiary/aromatic N) is 2. The summed E-state index contributed by atoms with van der Waals surface area (Å²) in [5, 5.41) is 0.906. The Balaban J connectivity index is 1.87. The second-order valence-corrected chi connectivity index (χ2v) is 6.82. The predicted octanol–water partition coefficient (Wildman–Crippen LogP) is 4.65. The van der Waals surface area contributed by atoms with Gasteiger partial charge in [-0.15, -0.1) is 0 Å². The zero-order valence-corrected chi connectivity index (χ0v) is 16.4. The Kier molecular flexibility index (Phi) is 5.75. The number of fused-ring (bicyclic) bond motifs is 1. The molecule has 2 aromatic carbocycles. The van der Waals surface area contributed by atoms with Crippen LogP contribution >= 0.6 is 0 Å². The summed E-state index contributed by atoms with van der Waals surface area (Å²) in [5.41, 5.74) is 3.63. The largest absolute Gasteiger partial charge is 0.497 e. The Morgan fingerprint density at radius 3 is 2.52 bits per heavy atom. The molecule has 4 nitrogen and oxygen atoms in total. The summed E-state index contributed by atoms with van der Waals surface area (Å²) in [6.07, 6.45) is 0.797. The first-order chi connectivity index (χ1) is 13.0. The van der Waals surface area contributed by atoms with Crippen molar-refractivity contribution in [3.63, 3.8) is 0 Å². The Morgan fingerprint density at radius 2 is 1.85 bits per heavy atom. The lowest BCUT2D eigenvalue weighted by atomic mass is 10.0. The molecule has 3 aromatic rings. The van der Waals surface area contributed by atoms with E-state index in [0.717, 1.165) is 34.3 Å². The third-order valence-corrected chi connectivity index (χ3v) is 4.90. The summed E-state index contributed by atoms with van der Waals surface area (Å²) in [5.74, 6) is 0.897. The number of amides is 1. The minimum atomic E-state index is 0.0558. The Morgan fingerprint density at radius 1 is 1.15 bits per heavy atom. The molecule has 1 unspecified atom stereocenters. The smallest absolute Gasteiger partial charge is 0.254 e. The number of para-hydroxylation sites is 1. The van der Waals surface area contributed by atoms with E-state index in [1.807, 2.05) is 61.2 Å². The van der Waals surface area contributed by atoms with Gasteiger partial charge in [-0.3, -0.25) is 9.78 Å². The van der Waals surface area contributed by atoms with Crippen LogP contribution in [0.25, 0.3) is 10.9 Å². The highest BCUT2D eigenvalue weighted by molar-refractivity contribution is 6.06. The van der Waals surface area contributed by atoms with Crippen molar-refractivity contribution in [2.75, 3.05) is 13.7 Å². The molecular weight excluding hydrogens is 336 g/mol. The number of rotatable bonds is 6. The van der Waals surface area contributed by atoms with Gasteiger partial charge in [0.25, 0.3) is 5.91 Å². The normalized spacial score (nSPS) is 12.0. The molecule has 0 spiro atoms. The standard InChI is InChI=1S/C23H26N2O2/c1-5-25(17(3)15-18-10-12-19(27-4)13-11-18)23(26)21-14-16(2)24-22-9-7-6-8-20(21)22/h6-14,17H,5,15H2,1-4H3. The Bertz CT molecular complexity index is 935. The number of carbonyl (C=O) groups is 1. The number of likely N-dealkylation sites (N-methyl/N-ethyl adjacent to an activating group) is 1. The van der Waals surface area contributed by atoms with Crippen LogP contribution in [-0.4, -0.2) is 35.5 Å². The summed E-state index contributed by atoms with van der Waals surface area (Å²) in [7, 11) is 1.66. The fourth-order valence-corrected chi connectivity index (χ4v) is 3.51. The van der Waals surface area contributed by atoms with Gasteiger partial charge in [0.15, 0.2) is 0 Å². The van der Waals surface area contributed by atoms with Crippen LogP contribution in [0.2, 0.25) is 0 Å². The van der Waals surface area contributed by atoms with Gasteiger partial charge in [0.1, 0.15) is 5.75 Å². The van der Waals surface area contributed by atoms with Crippen LogP contribution in [0.4, 0.5) is 0 Å². The molecule has 140 valence electrons. The number of aryl methyl sites for hydroxylation is 1. The lowest BCUT2D eigenvalue weighted by Crippen LogP contribution is -2.39. The minimum Gasteiger partial charge on any atom is -0.497 e. The maximum Gasteiger partial charge on any atom is 0.254 e. The third kappa shape index (κ3) is 4.11. The molecule has 4 heteroatoms. The van der Waals surface area contributed by atoms with Crippen LogP contribution in [0.3, 0.4) is 0 Å². The predicted molar refractivity (Wildman–Crippen MR) is 109 cm³/mol. The highest BCUT2D eigenvalue weighted by Crippen LogP contribution is 2.22. The summed E-state index contributed by atoms with van der Waals surface area (Å²) < 4.78 is 5.22. The molecule has 0 aliphatic rings. The van der Waals surface area contributed by atoms with Crippen molar-refractivity contribution in [3.05, 3.63) is 71.4 Å². The number of pyridine rings is 1. The van der Waals surface area contributed by atoms with E-state index in [1.165, 1.54) is 5.56 Å². The van der Waals surface area contributed by atoms with Crippen LogP contribution in [0.5, 0.6) is 5.75 Å². The quantitative estimate of drug-likeness (QED) is 0.641. The van der Waals surface area contributed by atoms with Gasteiger partial charge in [0, 0.05) is 23.7 Å². The highest BCUT2D eigenvalue weighted by atomic mass is 16.5. The van der Waals surface area contributed by atoms with Crippen molar-refractivity contribution in [1.82, 2.24) is 9.88 Å². The van der Waals surface area contributed by atoms with Crippen LogP contribution in [0.1, 0.15) is 35.5 Å². The van der Waals surface area contributed by atoms with Gasteiger partial charge >= 0.3 is 0 Å². The molecule has 3 rings (SSSR count). The third-order valence-electron chi connectivity index (χ3n) is 4.90. The monoisotopic (exact) mass is 362 g/mol. The molecule has 0 N–H and O–H groups in total. The van der Waals surface area contributed by atoms with Crippen molar-refractivity contribution in [2.24, 2.45) is 0 Å². The minimum absolute atomic E-state index is 0.0558. The van der Waals surface area contributed by atoms with E-state index in [-0.39, 0.29) is 11.9 Å². The van der Waals surface area contributed by atoms with Gasteiger partial charge in [-0.2, -0.15) is 0 Å². The van der Waals surface area contributed by atoms with Gasteiger partial charge < -0.3 is 9.64 Å². The Hall–Kier alpha value is -2.88. The average molecular weight is 362 g/mol. The zero-order valence-electron chi connectivity index (χ0n) is 16.4. The SMILES string of the molecule is CCN(C(=O)c1cc(C)nc2ccccc12)C(C)Cc1ccc(OC)cc1. The number of hydrogen-bond donors (Lipinski definition) is 0. The molecule has 0 saturated carbocycles. The summed E-state index contributed by atoms with van der Waals surface area (Å²) >= 11 is 0. The van der Waals surface area contributed by atoms with Crippen molar-refractivity contribution >= 4 is 16.8 Å². The summed E-state index contributed by atoms with van der Waals surface area (Å²) in [4.78, 5) is 19.8. The summed E-state index contributed by atoms with van der Waals surface area (Å²) in [6.45, 7) is 6.71. The molecule has 0 aliphatic heterocycles. The van der Waals surface area contributed by atoms with Gasteiger partial charge in [0.2, 0.25) is 0 Å². The van der Waals surface area contributed by atoms with Crippen LogP contribution < -0.4 is 4.74 Å². The van der Waals surface area contributed by atoms with E-state index < -0.39 is 0 Å². The molecule has 0 saturated heterocycles. The van der Waals surface area contributed by atoms with E-state index >= 15 is 0 Å². The number of benzene rings is 2. The number of aromatic nitrogens is 1. The van der Waals surface area contributed by atoms with Crippen LogP contribution in [0, 0.1) is 6.92 Å². The Labute approximate surface area is 160 Å². The second-order valence-electron chi connectivity index (χ2n) is 6.82. The summed E-state index contributed by atoms with van der Waals surface area (Å²) in [6, 6.07) is 17.8. The molecule has 0 bridgehead atoms. The average Bonchev–Trinajstić information content (AvgIpc) is 2.68. The fourth-order valence-electron chi connectivity index (χ4n) is 3.51. The van der Waals surface area contributed by atoms with Gasteiger partial charge in [-0.25, -0.2) is 0 Å². The van der Waals surface area contributed by atoms with E-state index in [0.29, 0.717) is 6.54 Å². The van der Waals surface area contributed by atoms with Gasteiger partial charge in [0.05, 0.1) is 18.2 Å². The van der Waals surface area contributed by atoms with Crippen molar-refractivity contribution in [2.45, 2.75) is 33.2 Å². The molecule has 1 amide bonds. The molecule has 27 heavy (non-hydrogen) atoms. The first kappa shape index (κ1) is 18.9. The fraction of sp³-hybridized carbons (Fsp3) is 0.304. The van der Waals surface area contributed by atoms with Crippen molar-refractivity contribution in [1.29, 1.82) is 0 Å². The maximum atomic E-state index is 13.4. The van der Waals surface area contributed by atoms with E-state index in [1.54, 1.807) is 7.11 Å². The molecule has 1 aromatic heterocycles.